The Bertz CT molecular complexity index is 136. The molecule has 44 valence electrons. The average molecular weight is 129 g/mol. The molecule has 0 bridgehead atoms. The van der Waals surface area contributed by atoms with Crippen LogP contribution in [0.2, 0.25) is 0 Å². The molecule has 1 rings (SSSR count). The van der Waals surface area contributed by atoms with Gasteiger partial charge in [0.15, 0.2) is 12.7 Å². The molecule has 0 aromatic carbocycles. The van der Waals surface area contributed by atoms with Crippen molar-refractivity contribution < 1.29 is 4.57 Å². The van der Waals surface area contributed by atoms with Gasteiger partial charge in [-0.1, -0.05) is 11.3 Å². The van der Waals surface area contributed by atoms with Crippen molar-refractivity contribution in [1.29, 1.82) is 0 Å². The molecule has 0 unspecified atom stereocenters. The third-order valence-corrected chi connectivity index (χ3v) is 1.59. The van der Waals surface area contributed by atoms with Gasteiger partial charge < -0.3 is 5.73 Å². The molecular formula is C5H9N2S+. The SMILES string of the molecule is NCC[n+]1ccsc1. The van der Waals surface area contributed by atoms with Crippen LogP contribution in [0.25, 0.3) is 0 Å². The van der Waals surface area contributed by atoms with Gasteiger partial charge in [-0.3, -0.25) is 0 Å². The van der Waals surface area contributed by atoms with Crippen molar-refractivity contribution in [3.8, 4) is 0 Å². The third kappa shape index (κ3) is 1.28. The van der Waals surface area contributed by atoms with E-state index in [1.807, 2.05) is 17.1 Å². The lowest BCUT2D eigenvalue weighted by atomic mass is 10.6. The molecular weight excluding hydrogens is 120 g/mol. The summed E-state index contributed by atoms with van der Waals surface area (Å²) in [7, 11) is 0. The van der Waals surface area contributed by atoms with Gasteiger partial charge in [-0.15, -0.1) is 0 Å². The molecule has 1 aromatic heterocycles. The van der Waals surface area contributed by atoms with E-state index in [1.54, 1.807) is 11.3 Å². The molecule has 0 aliphatic carbocycles. The first-order valence-corrected chi connectivity index (χ1v) is 3.49. The van der Waals surface area contributed by atoms with Crippen LogP contribution < -0.4 is 10.3 Å². The molecule has 0 atom stereocenters. The minimum absolute atomic E-state index is 0.724. The summed E-state index contributed by atoms with van der Waals surface area (Å²) in [6.45, 7) is 1.66. The van der Waals surface area contributed by atoms with Crippen molar-refractivity contribution in [3.63, 3.8) is 0 Å². The van der Waals surface area contributed by atoms with E-state index in [2.05, 4.69) is 4.57 Å². The van der Waals surface area contributed by atoms with Gasteiger partial charge in [0.1, 0.15) is 0 Å². The standard InChI is InChI=1S/C5H9N2S/c6-1-2-7-3-4-8-5-7/h3-5H,1-2,6H2/q+1. The van der Waals surface area contributed by atoms with Crippen molar-refractivity contribution in [2.75, 3.05) is 6.54 Å². The number of nitrogens with zero attached hydrogens (tertiary/aromatic N) is 1. The van der Waals surface area contributed by atoms with Crippen LogP contribution in [0.5, 0.6) is 0 Å². The molecule has 2 N–H and O–H groups in total. The van der Waals surface area contributed by atoms with E-state index in [0.29, 0.717) is 0 Å². The Morgan fingerprint density at radius 1 is 1.62 bits per heavy atom. The number of aromatic nitrogens is 1. The van der Waals surface area contributed by atoms with Gasteiger partial charge in [0.2, 0.25) is 5.51 Å². The van der Waals surface area contributed by atoms with E-state index in [0.717, 1.165) is 13.1 Å². The normalized spacial score (nSPS) is 9.62. The maximum absolute atomic E-state index is 5.30. The predicted molar refractivity (Wildman–Crippen MR) is 33.6 cm³/mol. The number of thiazole rings is 1. The molecule has 3 heteroatoms. The average Bonchev–Trinajstić information content (AvgIpc) is 2.19. The Morgan fingerprint density at radius 3 is 3.00 bits per heavy atom. The minimum atomic E-state index is 0.724. The van der Waals surface area contributed by atoms with Gasteiger partial charge in [0, 0.05) is 0 Å². The zero-order valence-electron chi connectivity index (χ0n) is 4.58. The van der Waals surface area contributed by atoms with Crippen LogP contribution in [0.1, 0.15) is 0 Å². The van der Waals surface area contributed by atoms with Crippen molar-refractivity contribution >= 4 is 11.3 Å². The Balaban J connectivity index is 2.50. The number of hydrogen-bond acceptors (Lipinski definition) is 2. The Morgan fingerprint density at radius 2 is 2.50 bits per heavy atom. The van der Waals surface area contributed by atoms with E-state index in [4.69, 9.17) is 5.73 Å². The van der Waals surface area contributed by atoms with Gasteiger partial charge in [-0.25, -0.2) is 0 Å². The summed E-state index contributed by atoms with van der Waals surface area (Å²) in [5.74, 6) is 0. The smallest absolute Gasteiger partial charge is 0.224 e. The summed E-state index contributed by atoms with van der Waals surface area (Å²) in [6.07, 6.45) is 2.03. The third-order valence-electron chi connectivity index (χ3n) is 0.914. The van der Waals surface area contributed by atoms with Gasteiger partial charge in [0.05, 0.1) is 11.9 Å². The lowest BCUT2D eigenvalue weighted by Gasteiger charge is -1.82. The number of nitrogens with two attached hydrogens (primary N) is 1. The number of hydrogen-bond donors (Lipinski definition) is 1. The molecule has 1 heterocycles. The van der Waals surface area contributed by atoms with E-state index in [9.17, 15) is 0 Å². The van der Waals surface area contributed by atoms with Crippen molar-refractivity contribution in [2.24, 2.45) is 5.73 Å². The summed E-state index contributed by atoms with van der Waals surface area (Å²) in [5.41, 5.74) is 7.35. The Kier molecular flexibility index (Phi) is 2.00. The molecule has 0 fully saturated rings. The highest BCUT2D eigenvalue weighted by Gasteiger charge is 1.93. The van der Waals surface area contributed by atoms with Gasteiger partial charge in [-0.2, -0.15) is 4.57 Å². The van der Waals surface area contributed by atoms with Gasteiger partial charge >= 0.3 is 0 Å². The maximum atomic E-state index is 5.30. The van der Waals surface area contributed by atoms with Crippen molar-refractivity contribution in [1.82, 2.24) is 0 Å². The molecule has 0 aliphatic heterocycles. The first-order chi connectivity index (χ1) is 3.93. The summed E-state index contributed by atoms with van der Waals surface area (Å²) in [6, 6.07) is 0. The Labute approximate surface area is 52.6 Å². The highest BCUT2D eigenvalue weighted by atomic mass is 32.1. The zero-order valence-corrected chi connectivity index (χ0v) is 5.40. The number of rotatable bonds is 2. The maximum Gasteiger partial charge on any atom is 0.224 e. The molecule has 0 spiro atoms. The molecule has 2 nitrogen and oxygen atoms in total. The second kappa shape index (κ2) is 2.79. The van der Waals surface area contributed by atoms with Crippen LogP contribution in [-0.2, 0) is 6.54 Å². The largest absolute Gasteiger partial charge is 0.325 e. The van der Waals surface area contributed by atoms with Crippen molar-refractivity contribution in [2.45, 2.75) is 6.54 Å². The minimum Gasteiger partial charge on any atom is -0.325 e. The van der Waals surface area contributed by atoms with Gasteiger partial charge in [0.25, 0.3) is 0 Å². The van der Waals surface area contributed by atoms with E-state index in [-0.39, 0.29) is 0 Å². The fraction of sp³-hybridized carbons (Fsp3) is 0.400. The quantitative estimate of drug-likeness (QED) is 0.559. The zero-order chi connectivity index (χ0) is 5.82. The van der Waals surface area contributed by atoms with Crippen LogP contribution in [0.4, 0.5) is 0 Å². The van der Waals surface area contributed by atoms with E-state index >= 15 is 0 Å². The molecule has 0 saturated heterocycles. The lowest BCUT2D eigenvalue weighted by molar-refractivity contribution is -0.689. The molecule has 1 aromatic rings. The highest BCUT2D eigenvalue weighted by Crippen LogP contribution is 1.85. The van der Waals surface area contributed by atoms with E-state index in [1.165, 1.54) is 0 Å². The second-order valence-electron chi connectivity index (χ2n) is 1.55. The monoisotopic (exact) mass is 129 g/mol. The lowest BCUT2D eigenvalue weighted by Crippen LogP contribution is -2.34. The summed E-state index contributed by atoms with van der Waals surface area (Å²) in [4.78, 5) is 0. The van der Waals surface area contributed by atoms with Crippen LogP contribution in [0, 0.1) is 0 Å². The highest BCUT2D eigenvalue weighted by molar-refractivity contribution is 7.07. The van der Waals surface area contributed by atoms with Crippen LogP contribution >= 0.6 is 11.3 Å². The first kappa shape index (κ1) is 5.72. The summed E-state index contributed by atoms with van der Waals surface area (Å²) >= 11 is 1.69. The Hall–Kier alpha value is -0.410. The van der Waals surface area contributed by atoms with Gasteiger partial charge in [-0.05, 0) is 0 Å². The summed E-state index contributed by atoms with van der Waals surface area (Å²) < 4.78 is 2.07. The topological polar surface area (TPSA) is 29.9 Å². The van der Waals surface area contributed by atoms with Crippen LogP contribution in [-0.4, -0.2) is 6.54 Å². The second-order valence-corrected chi connectivity index (χ2v) is 2.31. The molecule has 0 amide bonds. The van der Waals surface area contributed by atoms with Crippen LogP contribution in [0.3, 0.4) is 0 Å². The molecule has 0 saturated carbocycles. The van der Waals surface area contributed by atoms with Crippen LogP contribution in [0.15, 0.2) is 17.1 Å². The van der Waals surface area contributed by atoms with Crippen molar-refractivity contribution in [3.05, 3.63) is 17.1 Å². The fourth-order valence-corrected chi connectivity index (χ4v) is 1.17. The summed E-state index contributed by atoms with van der Waals surface area (Å²) in [5, 5.41) is 2.04. The van der Waals surface area contributed by atoms with E-state index < -0.39 is 0 Å². The molecule has 0 aliphatic rings. The predicted octanol–water partition coefficient (Wildman–Crippen LogP) is -0.00570. The molecule has 0 radical (unpaired) electrons. The fourth-order valence-electron chi connectivity index (χ4n) is 0.538. The first-order valence-electron chi connectivity index (χ1n) is 2.55. The molecule has 8 heavy (non-hydrogen) atoms.